The molecule has 19 heavy (non-hydrogen) atoms. The van der Waals surface area contributed by atoms with Gasteiger partial charge in [0.15, 0.2) is 5.82 Å². The van der Waals surface area contributed by atoms with Crippen molar-refractivity contribution >= 4 is 0 Å². The third kappa shape index (κ3) is 4.56. The van der Waals surface area contributed by atoms with Crippen molar-refractivity contribution in [3.05, 3.63) is 11.7 Å². The summed E-state index contributed by atoms with van der Waals surface area (Å²) in [5, 5.41) is 12.6. The summed E-state index contributed by atoms with van der Waals surface area (Å²) in [6.07, 6.45) is 3.92. The molecule has 0 radical (unpaired) electrons. The minimum absolute atomic E-state index is 0.204. The normalized spacial score (nSPS) is 18.0. The van der Waals surface area contributed by atoms with Gasteiger partial charge in [-0.1, -0.05) is 12.1 Å². The Kier molecular flexibility index (Phi) is 5.75. The van der Waals surface area contributed by atoms with E-state index < -0.39 is 0 Å². The second-order valence-electron chi connectivity index (χ2n) is 4.88. The number of aliphatic hydroxyl groups excluding tert-OH is 1. The Morgan fingerprint density at radius 1 is 1.42 bits per heavy atom. The van der Waals surface area contributed by atoms with Crippen LogP contribution in [0.1, 0.15) is 37.9 Å². The zero-order valence-corrected chi connectivity index (χ0v) is 11.5. The summed E-state index contributed by atoms with van der Waals surface area (Å²) >= 11 is 0. The third-order valence-corrected chi connectivity index (χ3v) is 3.38. The molecule has 1 N–H and O–H groups in total. The zero-order valence-electron chi connectivity index (χ0n) is 11.5. The van der Waals surface area contributed by atoms with Crippen molar-refractivity contribution in [3.8, 4) is 0 Å². The van der Waals surface area contributed by atoms with E-state index >= 15 is 0 Å². The smallest absolute Gasteiger partial charge is 0.240 e. The fourth-order valence-corrected chi connectivity index (χ4v) is 2.24. The highest BCUT2D eigenvalue weighted by atomic mass is 16.5. The van der Waals surface area contributed by atoms with Crippen molar-refractivity contribution < 1.29 is 14.4 Å². The molecule has 2 heterocycles. The van der Waals surface area contributed by atoms with Crippen molar-refractivity contribution in [3.63, 3.8) is 0 Å². The molecule has 6 heteroatoms. The van der Waals surface area contributed by atoms with Gasteiger partial charge in [-0.3, -0.25) is 4.90 Å². The molecule has 1 fully saturated rings. The number of piperidine rings is 1. The predicted molar refractivity (Wildman–Crippen MR) is 69.6 cm³/mol. The van der Waals surface area contributed by atoms with E-state index in [1.165, 1.54) is 0 Å². The molecule has 2 rings (SSSR count). The largest absolute Gasteiger partial charge is 0.396 e. The molecule has 0 aromatic carbocycles. The van der Waals surface area contributed by atoms with Gasteiger partial charge in [0.1, 0.15) is 0 Å². The van der Waals surface area contributed by atoms with Gasteiger partial charge in [-0.15, -0.1) is 0 Å². The van der Waals surface area contributed by atoms with Gasteiger partial charge in [-0.05, 0) is 19.3 Å². The minimum atomic E-state index is 0.204. The second kappa shape index (κ2) is 7.57. The minimum Gasteiger partial charge on any atom is -0.396 e. The molecule has 1 saturated heterocycles. The van der Waals surface area contributed by atoms with Crippen LogP contribution in [0.5, 0.6) is 0 Å². The molecular weight excluding hydrogens is 246 g/mol. The fourth-order valence-electron chi connectivity index (χ4n) is 2.24. The third-order valence-electron chi connectivity index (χ3n) is 3.38. The van der Waals surface area contributed by atoms with Crippen molar-refractivity contribution in [1.82, 2.24) is 15.0 Å². The van der Waals surface area contributed by atoms with E-state index in [-0.39, 0.29) is 6.61 Å². The monoisotopic (exact) mass is 269 g/mol. The Hall–Kier alpha value is -0.980. The SMILES string of the molecule is CCc1noc(CN2CCC(OCCCO)CC2)n1. The summed E-state index contributed by atoms with van der Waals surface area (Å²) in [5.74, 6) is 1.48. The number of rotatable bonds is 7. The maximum atomic E-state index is 8.71. The van der Waals surface area contributed by atoms with Crippen LogP contribution >= 0.6 is 0 Å². The summed E-state index contributed by atoms with van der Waals surface area (Å²) < 4.78 is 10.9. The van der Waals surface area contributed by atoms with E-state index in [2.05, 4.69) is 15.0 Å². The molecule has 0 unspecified atom stereocenters. The van der Waals surface area contributed by atoms with E-state index in [0.717, 1.165) is 51.1 Å². The maximum absolute atomic E-state index is 8.71. The first-order valence-corrected chi connectivity index (χ1v) is 7.08. The average Bonchev–Trinajstić information content (AvgIpc) is 2.89. The Bertz CT molecular complexity index is 362. The van der Waals surface area contributed by atoms with Crippen LogP contribution in [-0.4, -0.2) is 52.6 Å². The molecule has 1 aliphatic rings. The molecular formula is C13H23N3O3. The maximum Gasteiger partial charge on any atom is 0.240 e. The van der Waals surface area contributed by atoms with Crippen LogP contribution in [-0.2, 0) is 17.7 Å². The first-order valence-electron chi connectivity index (χ1n) is 7.08. The van der Waals surface area contributed by atoms with Gasteiger partial charge >= 0.3 is 0 Å². The van der Waals surface area contributed by atoms with E-state index in [1.54, 1.807) is 0 Å². The molecule has 1 aliphatic heterocycles. The molecule has 0 spiro atoms. The topological polar surface area (TPSA) is 71.6 Å². The average molecular weight is 269 g/mol. The number of likely N-dealkylation sites (tertiary alicyclic amines) is 1. The van der Waals surface area contributed by atoms with Crippen molar-refractivity contribution in [2.45, 2.75) is 45.3 Å². The van der Waals surface area contributed by atoms with Crippen LogP contribution in [0, 0.1) is 0 Å². The lowest BCUT2D eigenvalue weighted by Crippen LogP contribution is -2.36. The van der Waals surface area contributed by atoms with Crippen LogP contribution in [0.15, 0.2) is 4.52 Å². The number of aliphatic hydroxyl groups is 1. The van der Waals surface area contributed by atoms with Gasteiger partial charge in [0.05, 0.1) is 12.6 Å². The first-order chi connectivity index (χ1) is 9.31. The summed E-state index contributed by atoms with van der Waals surface area (Å²) in [4.78, 5) is 6.64. The van der Waals surface area contributed by atoms with E-state index in [4.69, 9.17) is 14.4 Å². The molecule has 0 amide bonds. The zero-order chi connectivity index (χ0) is 13.5. The highest BCUT2D eigenvalue weighted by molar-refractivity contribution is 4.86. The van der Waals surface area contributed by atoms with Crippen molar-refractivity contribution in [2.75, 3.05) is 26.3 Å². The summed E-state index contributed by atoms with van der Waals surface area (Å²) in [6.45, 7) is 5.60. The van der Waals surface area contributed by atoms with Crippen LogP contribution in [0.2, 0.25) is 0 Å². The number of nitrogens with zero attached hydrogens (tertiary/aromatic N) is 3. The van der Waals surface area contributed by atoms with Gasteiger partial charge in [0, 0.05) is 32.7 Å². The molecule has 0 atom stereocenters. The molecule has 0 saturated carbocycles. The van der Waals surface area contributed by atoms with Gasteiger partial charge in [-0.2, -0.15) is 4.98 Å². The standard InChI is InChI=1S/C13H23N3O3/c1-2-12-14-13(19-15-12)10-16-6-4-11(5-7-16)18-9-3-8-17/h11,17H,2-10H2,1H3. The van der Waals surface area contributed by atoms with Gasteiger partial charge in [0.2, 0.25) is 5.89 Å². The van der Waals surface area contributed by atoms with Crippen LogP contribution in [0.3, 0.4) is 0 Å². The summed E-state index contributed by atoms with van der Waals surface area (Å²) in [5.41, 5.74) is 0. The molecule has 1 aromatic heterocycles. The van der Waals surface area contributed by atoms with Crippen molar-refractivity contribution in [2.24, 2.45) is 0 Å². The lowest BCUT2D eigenvalue weighted by molar-refractivity contribution is -0.000876. The van der Waals surface area contributed by atoms with Gasteiger partial charge < -0.3 is 14.4 Å². The van der Waals surface area contributed by atoms with E-state index in [0.29, 0.717) is 18.6 Å². The Balaban J connectivity index is 1.68. The number of hydrogen-bond donors (Lipinski definition) is 1. The van der Waals surface area contributed by atoms with E-state index in [9.17, 15) is 0 Å². The lowest BCUT2D eigenvalue weighted by atomic mass is 10.1. The number of aromatic nitrogens is 2. The molecule has 0 aliphatic carbocycles. The van der Waals surface area contributed by atoms with E-state index in [1.807, 2.05) is 6.92 Å². The van der Waals surface area contributed by atoms with Gasteiger partial charge in [-0.25, -0.2) is 0 Å². The summed E-state index contributed by atoms with van der Waals surface area (Å²) in [7, 11) is 0. The predicted octanol–water partition coefficient (Wildman–Crippen LogP) is 0.995. The Morgan fingerprint density at radius 3 is 2.84 bits per heavy atom. The molecule has 108 valence electrons. The molecule has 0 bridgehead atoms. The second-order valence-corrected chi connectivity index (χ2v) is 4.88. The van der Waals surface area contributed by atoms with Crippen LogP contribution < -0.4 is 0 Å². The number of ether oxygens (including phenoxy) is 1. The summed E-state index contributed by atoms with van der Waals surface area (Å²) in [6, 6.07) is 0. The highest BCUT2D eigenvalue weighted by Crippen LogP contribution is 2.16. The Morgan fingerprint density at radius 2 is 2.21 bits per heavy atom. The molecule has 1 aromatic rings. The highest BCUT2D eigenvalue weighted by Gasteiger charge is 2.21. The number of aryl methyl sites for hydroxylation is 1. The first kappa shape index (κ1) is 14.4. The van der Waals surface area contributed by atoms with Crippen molar-refractivity contribution in [1.29, 1.82) is 0 Å². The van der Waals surface area contributed by atoms with Gasteiger partial charge in [0.25, 0.3) is 0 Å². The quantitative estimate of drug-likeness (QED) is 0.744. The fraction of sp³-hybridized carbons (Fsp3) is 0.846. The Labute approximate surface area is 113 Å². The molecule has 6 nitrogen and oxygen atoms in total. The lowest BCUT2D eigenvalue weighted by Gasteiger charge is -2.30. The van der Waals surface area contributed by atoms with Crippen LogP contribution in [0.25, 0.3) is 0 Å². The number of hydrogen-bond acceptors (Lipinski definition) is 6. The van der Waals surface area contributed by atoms with Crippen LogP contribution in [0.4, 0.5) is 0 Å².